The van der Waals surface area contributed by atoms with Gasteiger partial charge in [-0.2, -0.15) is 8.42 Å². The van der Waals surface area contributed by atoms with Crippen LogP contribution >= 0.6 is 0 Å². The van der Waals surface area contributed by atoms with Gasteiger partial charge in [-0.15, -0.1) is 0 Å². The van der Waals surface area contributed by atoms with Gasteiger partial charge >= 0.3 is 29.6 Å². The molecule has 134 valence electrons. The molecule has 0 saturated heterocycles. The molecular formula is C18H37NaO3S. The monoisotopic (exact) mass is 356 g/mol. The van der Waals surface area contributed by atoms with E-state index in [0.717, 1.165) is 24.7 Å². The van der Waals surface area contributed by atoms with E-state index < -0.39 is 10.1 Å². The molecule has 0 spiro atoms. The van der Waals surface area contributed by atoms with Gasteiger partial charge in [0.1, 0.15) is 0 Å². The van der Waals surface area contributed by atoms with Crippen molar-refractivity contribution < 1.29 is 44.0 Å². The summed E-state index contributed by atoms with van der Waals surface area (Å²) in [7, 11) is -3.92. The van der Waals surface area contributed by atoms with Gasteiger partial charge < -0.3 is 1.43 Å². The third kappa shape index (κ3) is 25.0. The Morgan fingerprint density at radius 2 is 1.09 bits per heavy atom. The molecule has 3 nitrogen and oxygen atoms in total. The Morgan fingerprint density at radius 3 is 1.43 bits per heavy atom. The molecule has 5 heteroatoms. The topological polar surface area (TPSA) is 54.4 Å². The summed E-state index contributed by atoms with van der Waals surface area (Å²) in [5, 5.41) is 0.884. The van der Waals surface area contributed by atoms with Crippen molar-refractivity contribution in [1.82, 2.24) is 0 Å². The fraction of sp³-hybridized carbons (Fsp3) is 0.889. The largest absolute Gasteiger partial charge is 1.00 e. The van der Waals surface area contributed by atoms with E-state index in [1.165, 1.54) is 83.1 Å². The summed E-state index contributed by atoms with van der Waals surface area (Å²) < 4.78 is 29.4. The Balaban J connectivity index is -0.00000220. The second-order valence-corrected chi connectivity index (χ2v) is 7.57. The van der Waals surface area contributed by atoms with Crippen LogP contribution in [0, 0.1) is 0 Å². The minimum absolute atomic E-state index is 0. The van der Waals surface area contributed by atoms with E-state index in [-0.39, 0.29) is 31.0 Å². The zero-order valence-electron chi connectivity index (χ0n) is 16.4. The standard InChI is InChI=1S/C18H36O3S.Na.H/c1-2-3-4-5-6-7-8-9-10-11-12-13-14-15-16-17-18-22(19,20)21;;/h17-18H,2-16H2,1H3,(H,19,20,21);;/q;+1;-1. The van der Waals surface area contributed by atoms with Crippen molar-refractivity contribution in [3.05, 3.63) is 11.5 Å². The van der Waals surface area contributed by atoms with Gasteiger partial charge in [0, 0.05) is 0 Å². The molecule has 0 radical (unpaired) electrons. The first kappa shape index (κ1) is 25.9. The summed E-state index contributed by atoms with van der Waals surface area (Å²) in [6, 6.07) is 0. The molecule has 0 aromatic carbocycles. The summed E-state index contributed by atoms with van der Waals surface area (Å²) in [4.78, 5) is 0. The van der Waals surface area contributed by atoms with Gasteiger partial charge in [0.2, 0.25) is 0 Å². The Bertz CT molecular complexity index is 359. The summed E-state index contributed by atoms with van der Waals surface area (Å²) >= 11 is 0. The van der Waals surface area contributed by atoms with Crippen molar-refractivity contribution in [2.75, 3.05) is 0 Å². The van der Waals surface area contributed by atoms with Crippen LogP contribution in [0.5, 0.6) is 0 Å². The van der Waals surface area contributed by atoms with Crippen molar-refractivity contribution in [3.8, 4) is 0 Å². The molecule has 0 amide bonds. The summed E-state index contributed by atoms with van der Waals surface area (Å²) in [5.41, 5.74) is 0. The van der Waals surface area contributed by atoms with E-state index in [1.807, 2.05) is 0 Å². The molecule has 0 aromatic heterocycles. The minimum atomic E-state index is -3.92. The first-order valence-electron chi connectivity index (χ1n) is 9.20. The van der Waals surface area contributed by atoms with Crippen LogP contribution in [0.15, 0.2) is 11.5 Å². The number of allylic oxidation sites excluding steroid dienone is 1. The van der Waals surface area contributed by atoms with Gasteiger partial charge in [0.15, 0.2) is 0 Å². The number of unbranched alkanes of at least 4 members (excludes halogenated alkanes) is 14. The zero-order valence-corrected chi connectivity index (χ0v) is 18.2. The second kappa shape index (κ2) is 19.0. The van der Waals surface area contributed by atoms with Gasteiger partial charge in [-0.05, 0) is 12.8 Å². The van der Waals surface area contributed by atoms with E-state index in [9.17, 15) is 8.42 Å². The van der Waals surface area contributed by atoms with Crippen molar-refractivity contribution in [2.24, 2.45) is 0 Å². The number of rotatable bonds is 16. The van der Waals surface area contributed by atoms with E-state index in [2.05, 4.69) is 6.92 Å². The minimum Gasteiger partial charge on any atom is -1.00 e. The van der Waals surface area contributed by atoms with Crippen LogP contribution in [0.1, 0.15) is 105 Å². The van der Waals surface area contributed by atoms with Crippen molar-refractivity contribution in [3.63, 3.8) is 0 Å². The summed E-state index contributed by atoms with van der Waals surface area (Å²) in [5.74, 6) is 0. The van der Waals surface area contributed by atoms with E-state index in [0.29, 0.717) is 0 Å². The molecule has 0 aliphatic carbocycles. The predicted octanol–water partition coefficient (Wildman–Crippen LogP) is 3.38. The van der Waals surface area contributed by atoms with Crippen molar-refractivity contribution >= 4 is 10.1 Å². The Morgan fingerprint density at radius 1 is 0.739 bits per heavy atom. The van der Waals surface area contributed by atoms with Gasteiger partial charge in [0.05, 0.1) is 5.41 Å². The summed E-state index contributed by atoms with van der Waals surface area (Å²) in [6.07, 6.45) is 20.8. The van der Waals surface area contributed by atoms with Crippen LogP contribution in [0.2, 0.25) is 0 Å². The van der Waals surface area contributed by atoms with Gasteiger partial charge in [0.25, 0.3) is 10.1 Å². The second-order valence-electron chi connectivity index (χ2n) is 6.27. The maximum Gasteiger partial charge on any atom is 1.00 e. The van der Waals surface area contributed by atoms with E-state index in [1.54, 1.807) is 0 Å². The molecule has 0 aliphatic heterocycles. The molecule has 0 atom stereocenters. The molecular weight excluding hydrogens is 319 g/mol. The Labute approximate surface area is 168 Å². The fourth-order valence-electron chi connectivity index (χ4n) is 2.65. The Hall–Kier alpha value is 0.650. The van der Waals surface area contributed by atoms with Gasteiger partial charge in [-0.3, -0.25) is 4.55 Å². The molecule has 0 heterocycles. The molecule has 0 fully saturated rings. The predicted molar refractivity (Wildman–Crippen MR) is 96.7 cm³/mol. The molecule has 23 heavy (non-hydrogen) atoms. The zero-order chi connectivity index (χ0) is 16.5. The molecule has 0 bridgehead atoms. The third-order valence-electron chi connectivity index (χ3n) is 3.99. The molecule has 0 saturated carbocycles. The number of hydrogen-bond acceptors (Lipinski definition) is 2. The molecule has 1 N–H and O–H groups in total. The maximum absolute atomic E-state index is 10.4. The molecule has 0 rings (SSSR count). The smallest absolute Gasteiger partial charge is 1.00 e. The van der Waals surface area contributed by atoms with Gasteiger partial charge in [-0.25, -0.2) is 0 Å². The molecule has 0 aromatic rings. The van der Waals surface area contributed by atoms with E-state index >= 15 is 0 Å². The first-order chi connectivity index (χ1) is 10.6. The quantitative estimate of drug-likeness (QED) is 0.262. The normalized spacial score (nSPS) is 11.7. The van der Waals surface area contributed by atoms with Crippen LogP contribution in [-0.4, -0.2) is 13.0 Å². The Kier molecular flexibility index (Phi) is 21.4. The fourth-order valence-corrected chi connectivity index (χ4v) is 3.03. The van der Waals surface area contributed by atoms with Crippen LogP contribution < -0.4 is 29.6 Å². The van der Waals surface area contributed by atoms with Crippen molar-refractivity contribution in [1.29, 1.82) is 0 Å². The third-order valence-corrected chi connectivity index (χ3v) is 4.53. The molecule has 0 aliphatic rings. The molecule has 0 unspecified atom stereocenters. The van der Waals surface area contributed by atoms with Crippen LogP contribution in [0.25, 0.3) is 0 Å². The SMILES string of the molecule is CCCCCCCCCCCCCCCCC=CS(=O)(=O)O.[H-].[Na+]. The van der Waals surface area contributed by atoms with Crippen molar-refractivity contribution in [2.45, 2.75) is 103 Å². The van der Waals surface area contributed by atoms with Crippen LogP contribution in [0.3, 0.4) is 0 Å². The summed E-state index contributed by atoms with van der Waals surface area (Å²) in [6.45, 7) is 2.26. The average molecular weight is 357 g/mol. The van der Waals surface area contributed by atoms with E-state index in [4.69, 9.17) is 4.55 Å². The maximum atomic E-state index is 10.4. The van der Waals surface area contributed by atoms with Crippen LogP contribution in [0.4, 0.5) is 0 Å². The van der Waals surface area contributed by atoms with Gasteiger partial charge in [-0.1, -0.05) is 96.5 Å². The first-order valence-corrected chi connectivity index (χ1v) is 10.7. The number of hydrogen-bond donors (Lipinski definition) is 1. The van der Waals surface area contributed by atoms with Crippen LogP contribution in [-0.2, 0) is 10.1 Å². The average Bonchev–Trinajstić information content (AvgIpc) is 2.45.